The number of rotatable bonds is 2. The highest BCUT2D eigenvalue weighted by molar-refractivity contribution is 5.44. The number of hydrogen-bond donors (Lipinski definition) is 1. The maximum Gasteiger partial charge on any atom is 0.416 e. The summed E-state index contributed by atoms with van der Waals surface area (Å²) in [6.07, 6.45) is -2.22. The summed E-state index contributed by atoms with van der Waals surface area (Å²) < 4.78 is 37.9. The third kappa shape index (κ3) is 2.58. The normalized spacial score (nSPS) is 24.6. The highest BCUT2D eigenvalue weighted by Crippen LogP contribution is 2.33. The highest BCUT2D eigenvalue weighted by atomic mass is 19.4. The lowest BCUT2D eigenvalue weighted by Crippen LogP contribution is -2.28. The third-order valence-corrected chi connectivity index (χ3v) is 3.36. The summed E-state index contributed by atoms with van der Waals surface area (Å²) in [5.74, 6) is 0.713. The van der Waals surface area contributed by atoms with Gasteiger partial charge in [0, 0.05) is 18.8 Å². The quantitative estimate of drug-likeness (QED) is 0.886. The highest BCUT2D eigenvalue weighted by Gasteiger charge is 2.33. The Kier molecular flexibility index (Phi) is 3.47. The average Bonchev–Trinajstić information content (AvgIpc) is 2.70. The molecule has 1 saturated heterocycles. The molecule has 0 aromatic carbocycles. The second-order valence-electron chi connectivity index (χ2n) is 4.74. The van der Waals surface area contributed by atoms with Crippen LogP contribution in [0.25, 0.3) is 0 Å². The van der Waals surface area contributed by atoms with E-state index in [1.54, 1.807) is 0 Å². The number of alkyl halides is 3. The Morgan fingerprint density at radius 1 is 1.50 bits per heavy atom. The number of hydrogen-bond acceptors (Lipinski definition) is 3. The van der Waals surface area contributed by atoms with E-state index in [9.17, 15) is 13.2 Å². The molecule has 0 saturated carbocycles. The SMILES string of the molecule is CC1CC(CN)CN1c1cc(C(F)(F)F)ccn1. The van der Waals surface area contributed by atoms with Crippen LogP contribution >= 0.6 is 0 Å². The zero-order chi connectivity index (χ0) is 13.3. The molecule has 18 heavy (non-hydrogen) atoms. The molecule has 1 aliphatic heterocycles. The monoisotopic (exact) mass is 259 g/mol. The van der Waals surface area contributed by atoms with Crippen molar-refractivity contribution in [2.45, 2.75) is 25.6 Å². The summed E-state index contributed by atoms with van der Waals surface area (Å²) in [5, 5.41) is 0. The summed E-state index contributed by atoms with van der Waals surface area (Å²) in [5.41, 5.74) is 4.95. The van der Waals surface area contributed by atoms with Gasteiger partial charge >= 0.3 is 6.18 Å². The third-order valence-electron chi connectivity index (χ3n) is 3.36. The lowest BCUT2D eigenvalue weighted by Gasteiger charge is -2.23. The molecule has 100 valence electrons. The summed E-state index contributed by atoms with van der Waals surface area (Å²) >= 11 is 0. The lowest BCUT2D eigenvalue weighted by atomic mass is 10.1. The predicted molar refractivity (Wildman–Crippen MR) is 63.2 cm³/mol. The van der Waals surface area contributed by atoms with Crippen molar-refractivity contribution in [2.24, 2.45) is 11.7 Å². The van der Waals surface area contributed by atoms with Gasteiger partial charge in [0.2, 0.25) is 0 Å². The molecule has 2 unspecified atom stereocenters. The van der Waals surface area contributed by atoms with Crippen molar-refractivity contribution in [2.75, 3.05) is 18.0 Å². The number of nitrogens with two attached hydrogens (primary N) is 1. The predicted octanol–water partition coefficient (Wildman–Crippen LogP) is 2.27. The first kappa shape index (κ1) is 13.1. The van der Waals surface area contributed by atoms with Crippen LogP contribution in [0.4, 0.5) is 19.0 Å². The molecule has 0 amide bonds. The van der Waals surface area contributed by atoms with E-state index < -0.39 is 11.7 Å². The van der Waals surface area contributed by atoms with E-state index in [2.05, 4.69) is 4.98 Å². The van der Waals surface area contributed by atoms with Crippen molar-refractivity contribution in [3.05, 3.63) is 23.9 Å². The molecule has 1 aliphatic rings. The first-order valence-corrected chi connectivity index (χ1v) is 5.91. The molecule has 6 heteroatoms. The zero-order valence-electron chi connectivity index (χ0n) is 10.1. The van der Waals surface area contributed by atoms with E-state index in [1.165, 1.54) is 6.20 Å². The van der Waals surface area contributed by atoms with Gasteiger partial charge in [-0.3, -0.25) is 0 Å². The van der Waals surface area contributed by atoms with E-state index in [0.29, 0.717) is 24.8 Å². The Bertz CT molecular complexity index is 419. The molecule has 3 nitrogen and oxygen atoms in total. The van der Waals surface area contributed by atoms with E-state index in [0.717, 1.165) is 18.6 Å². The molecule has 2 rings (SSSR count). The number of aromatic nitrogens is 1. The van der Waals surface area contributed by atoms with Gasteiger partial charge in [0.05, 0.1) is 5.56 Å². The molecule has 1 fully saturated rings. The molecular weight excluding hydrogens is 243 g/mol. The van der Waals surface area contributed by atoms with E-state index in [4.69, 9.17) is 5.73 Å². The van der Waals surface area contributed by atoms with Crippen LogP contribution < -0.4 is 10.6 Å². The Balaban J connectivity index is 2.24. The van der Waals surface area contributed by atoms with Crippen LogP contribution in [0, 0.1) is 5.92 Å². The van der Waals surface area contributed by atoms with Crippen molar-refractivity contribution in [3.8, 4) is 0 Å². The van der Waals surface area contributed by atoms with Gasteiger partial charge in [-0.05, 0) is 37.9 Å². The Morgan fingerprint density at radius 3 is 2.78 bits per heavy atom. The van der Waals surface area contributed by atoms with Gasteiger partial charge in [0.1, 0.15) is 5.82 Å². The Morgan fingerprint density at radius 2 is 2.22 bits per heavy atom. The summed E-state index contributed by atoms with van der Waals surface area (Å²) in [4.78, 5) is 5.93. The van der Waals surface area contributed by atoms with Crippen LogP contribution in [0.5, 0.6) is 0 Å². The largest absolute Gasteiger partial charge is 0.416 e. The maximum absolute atomic E-state index is 12.6. The van der Waals surface area contributed by atoms with Crippen LogP contribution in [0.2, 0.25) is 0 Å². The Labute approximate surface area is 104 Å². The Hall–Kier alpha value is -1.30. The molecule has 1 aromatic heterocycles. The molecule has 0 spiro atoms. The molecule has 2 heterocycles. The van der Waals surface area contributed by atoms with Crippen LogP contribution in [0.15, 0.2) is 18.3 Å². The fraction of sp³-hybridized carbons (Fsp3) is 0.583. The summed E-state index contributed by atoms with van der Waals surface area (Å²) in [6, 6.07) is 2.27. The van der Waals surface area contributed by atoms with Crippen molar-refractivity contribution in [3.63, 3.8) is 0 Å². The second-order valence-corrected chi connectivity index (χ2v) is 4.74. The molecule has 1 aromatic rings. The summed E-state index contributed by atoms with van der Waals surface area (Å²) in [7, 11) is 0. The lowest BCUT2D eigenvalue weighted by molar-refractivity contribution is -0.137. The maximum atomic E-state index is 12.6. The molecule has 0 radical (unpaired) electrons. The minimum absolute atomic E-state index is 0.175. The van der Waals surface area contributed by atoms with Crippen molar-refractivity contribution in [1.82, 2.24) is 4.98 Å². The summed E-state index contributed by atoms with van der Waals surface area (Å²) in [6.45, 7) is 3.21. The molecule has 0 aliphatic carbocycles. The zero-order valence-corrected chi connectivity index (χ0v) is 10.1. The fourth-order valence-corrected chi connectivity index (χ4v) is 2.38. The minimum atomic E-state index is -4.33. The number of pyridine rings is 1. The fourth-order valence-electron chi connectivity index (χ4n) is 2.38. The van der Waals surface area contributed by atoms with Gasteiger partial charge in [-0.2, -0.15) is 13.2 Å². The first-order chi connectivity index (χ1) is 8.41. The molecular formula is C12H16F3N3. The number of halogens is 3. The topological polar surface area (TPSA) is 42.1 Å². The van der Waals surface area contributed by atoms with Crippen LogP contribution in [-0.2, 0) is 6.18 Å². The molecule has 0 bridgehead atoms. The average molecular weight is 259 g/mol. The molecule has 2 atom stereocenters. The van der Waals surface area contributed by atoms with Crippen molar-refractivity contribution in [1.29, 1.82) is 0 Å². The van der Waals surface area contributed by atoms with Gasteiger partial charge < -0.3 is 10.6 Å². The van der Waals surface area contributed by atoms with Crippen LogP contribution in [-0.4, -0.2) is 24.1 Å². The van der Waals surface area contributed by atoms with Crippen molar-refractivity contribution < 1.29 is 13.2 Å². The van der Waals surface area contributed by atoms with Gasteiger partial charge in [0.25, 0.3) is 0 Å². The number of nitrogens with zero attached hydrogens (tertiary/aromatic N) is 2. The molecule has 2 N–H and O–H groups in total. The standard InChI is InChI=1S/C12H16F3N3/c1-8-4-9(6-16)7-18(8)11-5-10(2-3-17-11)12(13,14)15/h2-3,5,8-9H,4,6-7,16H2,1H3. The smallest absolute Gasteiger partial charge is 0.354 e. The van der Waals surface area contributed by atoms with Gasteiger partial charge in [0.15, 0.2) is 0 Å². The van der Waals surface area contributed by atoms with Crippen LogP contribution in [0.1, 0.15) is 18.9 Å². The van der Waals surface area contributed by atoms with Crippen molar-refractivity contribution >= 4 is 5.82 Å². The van der Waals surface area contributed by atoms with Crippen LogP contribution in [0.3, 0.4) is 0 Å². The van der Waals surface area contributed by atoms with E-state index >= 15 is 0 Å². The minimum Gasteiger partial charge on any atom is -0.354 e. The number of anilines is 1. The second kappa shape index (κ2) is 4.76. The van der Waals surface area contributed by atoms with E-state index in [-0.39, 0.29) is 6.04 Å². The van der Waals surface area contributed by atoms with Gasteiger partial charge in [-0.15, -0.1) is 0 Å². The van der Waals surface area contributed by atoms with E-state index in [1.807, 2.05) is 11.8 Å². The van der Waals surface area contributed by atoms with Gasteiger partial charge in [-0.1, -0.05) is 0 Å². The van der Waals surface area contributed by atoms with Gasteiger partial charge in [-0.25, -0.2) is 4.98 Å². The first-order valence-electron chi connectivity index (χ1n) is 5.91.